The summed E-state index contributed by atoms with van der Waals surface area (Å²) in [5, 5.41) is 12.2. The van der Waals surface area contributed by atoms with Gasteiger partial charge in [0.25, 0.3) is 0 Å². The molecule has 116 valence electrons. The Labute approximate surface area is 129 Å². The largest absolute Gasteiger partial charge is 0.477 e. The molecule has 1 amide bonds. The van der Waals surface area contributed by atoms with Gasteiger partial charge in [-0.1, -0.05) is 11.7 Å². The lowest BCUT2D eigenvalue weighted by Gasteiger charge is -2.48. The van der Waals surface area contributed by atoms with E-state index in [0.717, 1.165) is 4.90 Å². The van der Waals surface area contributed by atoms with Gasteiger partial charge in [-0.3, -0.25) is 14.5 Å². The highest BCUT2D eigenvalue weighted by Crippen LogP contribution is 2.42. The summed E-state index contributed by atoms with van der Waals surface area (Å²) in [6.45, 7) is 4.72. The summed E-state index contributed by atoms with van der Waals surface area (Å²) in [4.78, 5) is 38.3. The topological polar surface area (TPSA) is 133 Å². The lowest BCUT2D eigenvalue weighted by molar-refractivity contribution is -0.148. The van der Waals surface area contributed by atoms with Crippen molar-refractivity contribution in [2.45, 2.75) is 24.4 Å². The van der Waals surface area contributed by atoms with Gasteiger partial charge >= 0.3 is 11.9 Å². The summed E-state index contributed by atoms with van der Waals surface area (Å²) < 4.78 is 5.03. The van der Waals surface area contributed by atoms with Crippen molar-refractivity contribution in [2.24, 2.45) is 5.11 Å². The number of carboxylic acids is 1. The van der Waals surface area contributed by atoms with Crippen molar-refractivity contribution in [1.29, 1.82) is 0 Å². The van der Waals surface area contributed by atoms with E-state index < -0.39 is 35.4 Å². The molecule has 3 atom stereocenters. The van der Waals surface area contributed by atoms with Crippen molar-refractivity contribution in [3.05, 3.63) is 34.4 Å². The second-order valence-electron chi connectivity index (χ2n) is 4.50. The van der Waals surface area contributed by atoms with E-state index in [2.05, 4.69) is 16.6 Å². The molecule has 1 fully saturated rings. The third kappa shape index (κ3) is 2.53. The van der Waals surface area contributed by atoms with Crippen LogP contribution in [0.3, 0.4) is 0 Å². The van der Waals surface area contributed by atoms with Crippen molar-refractivity contribution in [2.75, 3.05) is 5.75 Å². The number of esters is 1. The molecule has 1 saturated heterocycles. The zero-order valence-corrected chi connectivity index (χ0v) is 12.3. The number of thioether (sulfide) groups is 1. The Hall–Kier alpha value is -2.45. The van der Waals surface area contributed by atoms with Crippen molar-refractivity contribution in [3.8, 4) is 0 Å². The molecule has 0 aliphatic carbocycles. The minimum absolute atomic E-state index is 0.220. The molecule has 10 heteroatoms. The van der Waals surface area contributed by atoms with E-state index in [9.17, 15) is 19.5 Å². The molecule has 2 aliphatic rings. The molecule has 0 aromatic heterocycles. The molecule has 0 saturated carbocycles. The number of β-lactam (4-membered cyclic amide) rings is 1. The van der Waals surface area contributed by atoms with Gasteiger partial charge in [0, 0.05) is 23.2 Å². The van der Waals surface area contributed by atoms with Crippen LogP contribution in [0.1, 0.15) is 6.92 Å². The number of amides is 1. The van der Waals surface area contributed by atoms with E-state index in [1.54, 1.807) is 0 Å². The molecule has 2 aliphatic heterocycles. The molecule has 2 rings (SSSR count). The maximum Gasteiger partial charge on any atom is 0.352 e. The van der Waals surface area contributed by atoms with Crippen LogP contribution in [0, 0.1) is 0 Å². The number of hydrogen-bond acceptors (Lipinski definition) is 6. The van der Waals surface area contributed by atoms with E-state index in [1.807, 2.05) is 0 Å². The van der Waals surface area contributed by atoms with Crippen molar-refractivity contribution >= 4 is 29.6 Å². The highest BCUT2D eigenvalue weighted by Gasteiger charge is 2.53. The van der Waals surface area contributed by atoms with Crippen LogP contribution >= 0.6 is 11.8 Å². The summed E-state index contributed by atoms with van der Waals surface area (Å²) in [6.07, 6.45) is 0.374. The fraction of sp³-hybridized carbons (Fsp3) is 0.417. The molecule has 2 heterocycles. The first kappa shape index (κ1) is 15.9. The number of hydrogen-bond donors (Lipinski definition) is 1. The molecule has 0 radical (unpaired) electrons. The van der Waals surface area contributed by atoms with Gasteiger partial charge in [-0.25, -0.2) is 4.79 Å². The average molecular weight is 324 g/mol. The Balaban J connectivity index is 2.42. The van der Waals surface area contributed by atoms with Crippen molar-refractivity contribution in [1.82, 2.24) is 4.90 Å². The van der Waals surface area contributed by atoms with Crippen LogP contribution in [0.5, 0.6) is 0 Å². The molecule has 22 heavy (non-hydrogen) atoms. The Bertz CT molecular complexity index is 639. The van der Waals surface area contributed by atoms with Crippen LogP contribution in [0.25, 0.3) is 10.4 Å². The van der Waals surface area contributed by atoms with Gasteiger partial charge in [-0.15, -0.1) is 11.8 Å². The fourth-order valence-electron chi connectivity index (χ4n) is 2.31. The summed E-state index contributed by atoms with van der Waals surface area (Å²) in [5.41, 5.74) is 8.47. The van der Waals surface area contributed by atoms with Gasteiger partial charge in [-0.2, -0.15) is 0 Å². The fourth-order valence-corrected chi connectivity index (χ4v) is 3.67. The molecule has 1 N–H and O–H groups in total. The van der Waals surface area contributed by atoms with Crippen LogP contribution in [0.15, 0.2) is 29.0 Å². The molecular formula is C12H12N4O5S. The van der Waals surface area contributed by atoms with E-state index in [-0.39, 0.29) is 17.0 Å². The Kier molecular flexibility index (Phi) is 4.43. The number of carbonyl (C=O) groups excluding carboxylic acids is 2. The zero-order valence-electron chi connectivity index (χ0n) is 11.5. The minimum atomic E-state index is -1.31. The number of aliphatic carboxylic acids is 1. The standard InChI is InChI=1S/C12H12N4O5S/c1-3-7(21-5(2)17)6-4-22-11-8(14-15-13)10(18)16(11)9(6)12(19)20/h3,7-8,11H,1,4H2,2H3,(H,19,20)/t7?,8-,11+/m0/s1. The van der Waals surface area contributed by atoms with Gasteiger partial charge in [0.2, 0.25) is 5.91 Å². The smallest absolute Gasteiger partial charge is 0.352 e. The first-order chi connectivity index (χ1) is 10.4. The highest BCUT2D eigenvalue weighted by molar-refractivity contribution is 8.00. The highest BCUT2D eigenvalue weighted by atomic mass is 32.2. The van der Waals surface area contributed by atoms with Crippen LogP contribution in [-0.2, 0) is 19.1 Å². The predicted molar refractivity (Wildman–Crippen MR) is 76.4 cm³/mol. The number of carbonyl (C=O) groups is 3. The van der Waals surface area contributed by atoms with Gasteiger partial charge in [0.1, 0.15) is 23.2 Å². The maximum atomic E-state index is 12.0. The minimum Gasteiger partial charge on any atom is -0.477 e. The summed E-state index contributed by atoms with van der Waals surface area (Å²) in [6, 6.07) is -0.915. The van der Waals surface area contributed by atoms with Gasteiger partial charge in [0.05, 0.1) is 0 Å². The quantitative estimate of drug-likeness (QED) is 0.200. The second-order valence-corrected chi connectivity index (χ2v) is 5.61. The van der Waals surface area contributed by atoms with E-state index in [0.29, 0.717) is 0 Å². The second kappa shape index (κ2) is 6.12. The van der Waals surface area contributed by atoms with Crippen LogP contribution in [-0.4, -0.2) is 51.1 Å². The maximum absolute atomic E-state index is 12.0. The van der Waals surface area contributed by atoms with E-state index in [4.69, 9.17) is 10.3 Å². The molecule has 0 aromatic rings. The first-order valence-corrected chi connectivity index (χ1v) is 7.22. The lowest BCUT2D eigenvalue weighted by atomic mass is 10.0. The summed E-state index contributed by atoms with van der Waals surface area (Å²) >= 11 is 1.24. The molecule has 0 bridgehead atoms. The van der Waals surface area contributed by atoms with Crippen LogP contribution < -0.4 is 0 Å². The number of carboxylic acid groups (broad SMARTS) is 1. The molecule has 0 aromatic carbocycles. The lowest BCUT2D eigenvalue weighted by Crippen LogP contribution is -2.64. The van der Waals surface area contributed by atoms with Gasteiger partial charge in [0.15, 0.2) is 0 Å². The number of ether oxygens (including phenoxy) is 1. The Morgan fingerprint density at radius 2 is 2.36 bits per heavy atom. The number of rotatable bonds is 5. The number of nitrogens with zero attached hydrogens (tertiary/aromatic N) is 4. The number of azide groups is 1. The van der Waals surface area contributed by atoms with Crippen molar-refractivity contribution < 1.29 is 24.2 Å². The molecule has 9 nitrogen and oxygen atoms in total. The zero-order chi connectivity index (χ0) is 16.4. The summed E-state index contributed by atoms with van der Waals surface area (Å²) in [5.74, 6) is -2.27. The van der Waals surface area contributed by atoms with Crippen LogP contribution in [0.2, 0.25) is 0 Å². The SMILES string of the molecule is C=CC(OC(C)=O)C1=C(C(=O)O)N2C(=O)[C@H](N=[N+]=[N-])[C@H]2SC1. The van der Waals surface area contributed by atoms with E-state index >= 15 is 0 Å². The summed E-state index contributed by atoms with van der Waals surface area (Å²) in [7, 11) is 0. The third-order valence-electron chi connectivity index (χ3n) is 3.20. The molecule has 0 spiro atoms. The first-order valence-electron chi connectivity index (χ1n) is 6.17. The third-order valence-corrected chi connectivity index (χ3v) is 4.49. The monoisotopic (exact) mass is 324 g/mol. The Morgan fingerprint density at radius 3 is 2.86 bits per heavy atom. The predicted octanol–water partition coefficient (Wildman–Crippen LogP) is 1.04. The van der Waals surface area contributed by atoms with Crippen LogP contribution in [0.4, 0.5) is 0 Å². The van der Waals surface area contributed by atoms with Crippen molar-refractivity contribution in [3.63, 3.8) is 0 Å². The Morgan fingerprint density at radius 1 is 1.68 bits per heavy atom. The average Bonchev–Trinajstić information content (AvgIpc) is 2.48. The van der Waals surface area contributed by atoms with Gasteiger partial charge in [-0.05, 0) is 11.6 Å². The van der Waals surface area contributed by atoms with Gasteiger partial charge < -0.3 is 9.84 Å². The number of fused-ring (bicyclic) bond motifs is 1. The normalized spacial score (nSPS) is 24.6. The van der Waals surface area contributed by atoms with E-state index in [1.165, 1.54) is 24.8 Å². The molecule has 1 unspecified atom stereocenters. The molecular weight excluding hydrogens is 312 g/mol.